The van der Waals surface area contributed by atoms with E-state index in [1.54, 1.807) is 30.3 Å². The van der Waals surface area contributed by atoms with Gasteiger partial charge in [0.2, 0.25) is 0 Å². The van der Waals surface area contributed by atoms with Gasteiger partial charge < -0.3 is 9.47 Å². The van der Waals surface area contributed by atoms with E-state index in [4.69, 9.17) is 10.00 Å². The summed E-state index contributed by atoms with van der Waals surface area (Å²) in [5.74, 6) is -0.326. The summed E-state index contributed by atoms with van der Waals surface area (Å²) in [5, 5.41) is 8.12. The molecule has 0 bridgehead atoms. The molecule has 0 fully saturated rings. The molecule has 2 rings (SSSR count). The molecule has 0 radical (unpaired) electrons. The quantitative estimate of drug-likeness (QED) is 0.481. The first-order chi connectivity index (χ1) is 12.0. The number of carbonyl (C=O) groups excluding carboxylic acids is 2. The predicted octanol–water partition coefficient (Wildman–Crippen LogP) is 3.84. The lowest BCUT2D eigenvalue weighted by atomic mass is 10.2. The summed E-state index contributed by atoms with van der Waals surface area (Å²) in [6.07, 6.45) is 0.337. The number of benzene rings is 2. The second-order valence-corrected chi connectivity index (χ2v) is 4.98. The lowest BCUT2D eigenvalue weighted by Gasteiger charge is -2.04. The topological polar surface area (TPSA) is 76.4 Å². The Morgan fingerprint density at radius 1 is 1.12 bits per heavy atom. The zero-order valence-corrected chi connectivity index (χ0v) is 14.1. The van der Waals surface area contributed by atoms with E-state index >= 15 is 0 Å². The molecule has 5 heteroatoms. The van der Waals surface area contributed by atoms with Crippen LogP contribution in [-0.4, -0.2) is 18.0 Å². The number of nitriles is 1. The van der Waals surface area contributed by atoms with Crippen LogP contribution < -0.4 is 4.74 Å². The molecule has 0 amide bonds. The Labute approximate surface area is 147 Å². The SMILES string of the molecule is C=CC(=O)OC(C)C#N.Cc1ccc(OC(=O)c2ccccc2)cc1. The van der Waals surface area contributed by atoms with Crippen molar-refractivity contribution >= 4 is 11.9 Å². The van der Waals surface area contributed by atoms with Crippen LogP contribution in [0.1, 0.15) is 22.8 Å². The van der Waals surface area contributed by atoms with Gasteiger partial charge in [-0.3, -0.25) is 0 Å². The highest BCUT2D eigenvalue weighted by atomic mass is 16.5. The van der Waals surface area contributed by atoms with E-state index in [1.807, 2.05) is 37.3 Å². The Balaban J connectivity index is 0.000000299. The second kappa shape index (κ2) is 10.4. The maximum atomic E-state index is 11.7. The molecule has 1 atom stereocenters. The Bertz CT molecular complexity index is 746. The van der Waals surface area contributed by atoms with Gasteiger partial charge in [-0.15, -0.1) is 0 Å². The largest absolute Gasteiger partial charge is 0.444 e. The highest BCUT2D eigenvalue weighted by Crippen LogP contribution is 2.13. The molecule has 0 aliphatic rings. The van der Waals surface area contributed by atoms with Crippen molar-refractivity contribution in [2.24, 2.45) is 0 Å². The minimum absolute atomic E-state index is 0.329. The first-order valence-corrected chi connectivity index (χ1v) is 7.52. The summed E-state index contributed by atoms with van der Waals surface area (Å²) in [6.45, 7) is 6.64. The number of rotatable bonds is 4. The predicted molar refractivity (Wildman–Crippen MR) is 93.9 cm³/mol. The first-order valence-electron chi connectivity index (χ1n) is 7.52. The van der Waals surface area contributed by atoms with E-state index in [0.29, 0.717) is 11.3 Å². The summed E-state index contributed by atoms with van der Waals surface area (Å²) in [5.41, 5.74) is 1.70. The maximum Gasteiger partial charge on any atom is 0.343 e. The summed E-state index contributed by atoms with van der Waals surface area (Å²) in [4.78, 5) is 22.0. The van der Waals surface area contributed by atoms with E-state index in [9.17, 15) is 9.59 Å². The van der Waals surface area contributed by atoms with Gasteiger partial charge in [0, 0.05) is 6.08 Å². The van der Waals surface area contributed by atoms with Crippen molar-refractivity contribution in [3.63, 3.8) is 0 Å². The first kappa shape index (κ1) is 19.7. The van der Waals surface area contributed by atoms with E-state index in [-0.39, 0.29) is 5.97 Å². The number of carbonyl (C=O) groups is 2. The van der Waals surface area contributed by atoms with Crippen LogP contribution in [0.25, 0.3) is 0 Å². The molecule has 0 spiro atoms. The zero-order chi connectivity index (χ0) is 18.7. The van der Waals surface area contributed by atoms with Gasteiger partial charge in [0.1, 0.15) is 11.8 Å². The van der Waals surface area contributed by atoms with Gasteiger partial charge >= 0.3 is 11.9 Å². The van der Waals surface area contributed by atoms with Crippen LogP contribution in [0.5, 0.6) is 5.75 Å². The lowest BCUT2D eigenvalue weighted by molar-refractivity contribution is -0.139. The summed E-state index contributed by atoms with van der Waals surface area (Å²) < 4.78 is 9.65. The summed E-state index contributed by atoms with van der Waals surface area (Å²) in [7, 11) is 0. The van der Waals surface area contributed by atoms with Crippen molar-refractivity contribution in [3.8, 4) is 11.8 Å². The minimum Gasteiger partial charge on any atom is -0.444 e. The van der Waals surface area contributed by atoms with Crippen LogP contribution in [0.3, 0.4) is 0 Å². The van der Waals surface area contributed by atoms with Crippen molar-refractivity contribution in [1.82, 2.24) is 0 Å². The average molecular weight is 337 g/mol. The van der Waals surface area contributed by atoms with Gasteiger partial charge in [-0.2, -0.15) is 5.26 Å². The maximum absolute atomic E-state index is 11.7. The number of nitrogens with zero attached hydrogens (tertiary/aromatic N) is 1. The molecule has 2 aromatic rings. The van der Waals surface area contributed by atoms with Crippen LogP contribution in [0.4, 0.5) is 0 Å². The fraction of sp³-hybridized carbons (Fsp3) is 0.150. The van der Waals surface area contributed by atoms with Gasteiger partial charge in [0.15, 0.2) is 6.10 Å². The van der Waals surface area contributed by atoms with E-state index in [1.165, 1.54) is 6.92 Å². The van der Waals surface area contributed by atoms with Gasteiger partial charge in [-0.1, -0.05) is 42.5 Å². The standard InChI is InChI=1S/C14H12O2.C6H7NO2/c1-11-7-9-13(10-8-11)16-14(15)12-5-3-2-4-6-12;1-3-6(8)9-5(2)4-7/h2-10H,1H3;3,5H,1H2,2H3. The number of hydrogen-bond acceptors (Lipinski definition) is 5. The van der Waals surface area contributed by atoms with Crippen molar-refractivity contribution < 1.29 is 19.1 Å². The molecule has 5 nitrogen and oxygen atoms in total. The Kier molecular flexibility index (Phi) is 8.17. The number of ether oxygens (including phenoxy) is 2. The van der Waals surface area contributed by atoms with Crippen molar-refractivity contribution in [2.75, 3.05) is 0 Å². The molecule has 0 heterocycles. The molecule has 0 saturated carbocycles. The van der Waals surface area contributed by atoms with Gasteiger partial charge in [-0.25, -0.2) is 9.59 Å². The molecule has 0 aliphatic heterocycles. The van der Waals surface area contributed by atoms with Crippen LogP contribution in [0.15, 0.2) is 67.3 Å². The second-order valence-electron chi connectivity index (χ2n) is 4.98. The molecule has 128 valence electrons. The van der Waals surface area contributed by atoms with E-state index in [0.717, 1.165) is 11.6 Å². The van der Waals surface area contributed by atoms with Crippen molar-refractivity contribution in [1.29, 1.82) is 5.26 Å². The molecule has 0 saturated heterocycles. The van der Waals surface area contributed by atoms with Gasteiger partial charge in [0.05, 0.1) is 5.56 Å². The van der Waals surface area contributed by atoms with Gasteiger partial charge in [0.25, 0.3) is 0 Å². The van der Waals surface area contributed by atoms with E-state index in [2.05, 4.69) is 11.3 Å². The van der Waals surface area contributed by atoms with Crippen molar-refractivity contribution in [3.05, 3.63) is 78.4 Å². The smallest absolute Gasteiger partial charge is 0.343 e. The highest BCUT2D eigenvalue weighted by Gasteiger charge is 2.06. The molecule has 2 aromatic carbocycles. The Morgan fingerprint density at radius 3 is 2.24 bits per heavy atom. The molecule has 0 N–H and O–H groups in total. The fourth-order valence-electron chi connectivity index (χ4n) is 1.60. The number of esters is 2. The summed E-state index contributed by atoms with van der Waals surface area (Å²) >= 11 is 0. The van der Waals surface area contributed by atoms with Crippen LogP contribution >= 0.6 is 0 Å². The third-order valence-electron chi connectivity index (χ3n) is 2.88. The van der Waals surface area contributed by atoms with Gasteiger partial charge in [-0.05, 0) is 38.1 Å². The number of hydrogen-bond donors (Lipinski definition) is 0. The summed E-state index contributed by atoms with van der Waals surface area (Å²) in [6, 6.07) is 18.1. The van der Waals surface area contributed by atoms with Crippen LogP contribution in [0.2, 0.25) is 0 Å². The third kappa shape index (κ3) is 7.62. The normalized spacial score (nSPS) is 10.3. The molecule has 0 aromatic heterocycles. The lowest BCUT2D eigenvalue weighted by Crippen LogP contribution is -2.09. The fourth-order valence-corrected chi connectivity index (χ4v) is 1.60. The monoisotopic (exact) mass is 337 g/mol. The molecular weight excluding hydrogens is 318 g/mol. The Morgan fingerprint density at radius 2 is 1.72 bits per heavy atom. The molecular formula is C20H19NO4. The average Bonchev–Trinajstić information content (AvgIpc) is 2.64. The van der Waals surface area contributed by atoms with Crippen molar-refractivity contribution in [2.45, 2.75) is 20.0 Å². The van der Waals surface area contributed by atoms with E-state index < -0.39 is 12.1 Å². The van der Waals surface area contributed by atoms with Crippen LogP contribution in [0, 0.1) is 18.3 Å². The number of aryl methyl sites for hydroxylation is 1. The minimum atomic E-state index is -0.685. The molecule has 0 aliphatic carbocycles. The zero-order valence-electron chi connectivity index (χ0n) is 14.1. The highest BCUT2D eigenvalue weighted by molar-refractivity contribution is 5.90. The Hall–Kier alpha value is -3.39. The molecule has 1 unspecified atom stereocenters. The van der Waals surface area contributed by atoms with Crippen LogP contribution in [-0.2, 0) is 9.53 Å². The molecule has 25 heavy (non-hydrogen) atoms. The third-order valence-corrected chi connectivity index (χ3v) is 2.88.